The normalized spacial score (nSPS) is 10.9. The lowest BCUT2D eigenvalue weighted by atomic mass is 10.2. The molecule has 0 fully saturated rings. The van der Waals surface area contributed by atoms with Crippen LogP contribution in [0.1, 0.15) is 25.0 Å². The Labute approximate surface area is 134 Å². The first-order valence-corrected chi connectivity index (χ1v) is 7.95. The Morgan fingerprint density at radius 1 is 1.29 bits per heavy atom. The van der Waals surface area contributed by atoms with Crippen molar-refractivity contribution in [3.05, 3.63) is 58.3 Å². The zero-order chi connectivity index (χ0) is 15.1. The molecule has 2 rings (SSSR count). The summed E-state index contributed by atoms with van der Waals surface area (Å²) < 4.78 is 6.98. The van der Waals surface area contributed by atoms with Crippen molar-refractivity contribution in [1.29, 1.82) is 0 Å². The number of hydrogen-bond donors (Lipinski definition) is 1. The summed E-state index contributed by atoms with van der Waals surface area (Å²) in [5.74, 6) is 1.48. The van der Waals surface area contributed by atoms with E-state index in [4.69, 9.17) is 4.74 Å². The summed E-state index contributed by atoms with van der Waals surface area (Å²) in [4.78, 5) is 4.16. The second-order valence-corrected chi connectivity index (χ2v) is 6.34. The van der Waals surface area contributed by atoms with Crippen LogP contribution in [0.25, 0.3) is 0 Å². The molecule has 0 aliphatic rings. The Bertz CT molecular complexity index is 572. The Balaban J connectivity index is 1.96. The summed E-state index contributed by atoms with van der Waals surface area (Å²) in [5, 5.41) is 3.43. The van der Waals surface area contributed by atoms with Crippen LogP contribution in [0.2, 0.25) is 0 Å². The molecule has 1 N–H and O–H groups in total. The number of nitrogens with zero attached hydrogens (tertiary/aromatic N) is 1. The average molecular weight is 349 g/mol. The van der Waals surface area contributed by atoms with E-state index < -0.39 is 0 Å². The Morgan fingerprint density at radius 3 is 2.90 bits per heavy atom. The fraction of sp³-hybridized carbons (Fsp3) is 0.353. The molecule has 1 aromatic carbocycles. The predicted molar refractivity (Wildman–Crippen MR) is 89.3 cm³/mol. The summed E-state index contributed by atoms with van der Waals surface area (Å²) in [7, 11) is 0. The van der Waals surface area contributed by atoms with Crippen molar-refractivity contribution in [2.75, 3.05) is 6.54 Å². The second kappa shape index (κ2) is 8.15. The topological polar surface area (TPSA) is 34.2 Å². The molecule has 0 saturated carbocycles. The van der Waals surface area contributed by atoms with Crippen molar-refractivity contribution in [3.63, 3.8) is 0 Å². The third-order valence-corrected chi connectivity index (χ3v) is 3.51. The first-order chi connectivity index (χ1) is 10.1. The number of ether oxygens (including phenoxy) is 1. The maximum atomic E-state index is 5.91. The standard InChI is InChI=1S/C17H21BrN2O/c1-13(2)9-20-10-15-6-7-19-11-17(15)21-12-14-4-3-5-16(18)8-14/h3-8,11,13,20H,9-10,12H2,1-2H3. The second-order valence-electron chi connectivity index (χ2n) is 5.43. The van der Waals surface area contributed by atoms with Crippen LogP contribution in [0.3, 0.4) is 0 Å². The summed E-state index contributed by atoms with van der Waals surface area (Å²) in [5.41, 5.74) is 2.27. The van der Waals surface area contributed by atoms with Crippen LogP contribution >= 0.6 is 15.9 Å². The van der Waals surface area contributed by atoms with Crippen LogP contribution in [0, 0.1) is 5.92 Å². The Hall–Kier alpha value is -1.39. The summed E-state index contributed by atoms with van der Waals surface area (Å²) in [6.45, 7) is 6.73. The Kier molecular flexibility index (Phi) is 6.21. The van der Waals surface area contributed by atoms with Crippen LogP contribution in [0.4, 0.5) is 0 Å². The van der Waals surface area contributed by atoms with Gasteiger partial charge in [0.2, 0.25) is 0 Å². The fourth-order valence-corrected chi connectivity index (χ4v) is 2.41. The number of hydrogen-bond acceptors (Lipinski definition) is 3. The van der Waals surface area contributed by atoms with E-state index >= 15 is 0 Å². The third kappa shape index (κ3) is 5.48. The van der Waals surface area contributed by atoms with Crippen molar-refractivity contribution in [3.8, 4) is 5.75 Å². The van der Waals surface area contributed by atoms with Crippen LogP contribution < -0.4 is 10.1 Å². The zero-order valence-corrected chi connectivity index (χ0v) is 14.1. The van der Waals surface area contributed by atoms with Crippen molar-refractivity contribution in [2.24, 2.45) is 5.92 Å². The van der Waals surface area contributed by atoms with E-state index in [1.807, 2.05) is 18.2 Å². The summed E-state index contributed by atoms with van der Waals surface area (Å²) >= 11 is 3.47. The molecule has 0 spiro atoms. The smallest absolute Gasteiger partial charge is 0.142 e. The number of pyridine rings is 1. The van der Waals surface area contributed by atoms with Gasteiger partial charge in [0.25, 0.3) is 0 Å². The summed E-state index contributed by atoms with van der Waals surface area (Å²) in [6.07, 6.45) is 3.59. The predicted octanol–water partition coefficient (Wildman–Crippen LogP) is 4.17. The molecule has 1 aromatic heterocycles. The monoisotopic (exact) mass is 348 g/mol. The minimum absolute atomic E-state index is 0.544. The SMILES string of the molecule is CC(C)CNCc1ccncc1OCc1cccc(Br)c1. The van der Waals surface area contributed by atoms with Gasteiger partial charge in [-0.2, -0.15) is 0 Å². The number of nitrogens with one attached hydrogen (secondary N) is 1. The first kappa shape index (κ1) is 16.0. The maximum absolute atomic E-state index is 5.91. The van der Waals surface area contributed by atoms with Crippen molar-refractivity contribution in [1.82, 2.24) is 10.3 Å². The lowest BCUT2D eigenvalue weighted by Gasteiger charge is -2.13. The molecular formula is C17H21BrN2O. The van der Waals surface area contributed by atoms with Gasteiger partial charge in [-0.1, -0.05) is 41.9 Å². The van der Waals surface area contributed by atoms with E-state index in [-0.39, 0.29) is 0 Å². The van der Waals surface area contributed by atoms with Crippen molar-refractivity contribution >= 4 is 15.9 Å². The van der Waals surface area contributed by atoms with Crippen LogP contribution in [0.5, 0.6) is 5.75 Å². The van der Waals surface area contributed by atoms with E-state index in [1.165, 1.54) is 0 Å². The van der Waals surface area contributed by atoms with E-state index in [9.17, 15) is 0 Å². The van der Waals surface area contributed by atoms with Gasteiger partial charge < -0.3 is 10.1 Å². The highest BCUT2D eigenvalue weighted by Crippen LogP contribution is 2.19. The van der Waals surface area contributed by atoms with Crippen molar-refractivity contribution in [2.45, 2.75) is 27.0 Å². The van der Waals surface area contributed by atoms with Gasteiger partial charge in [0.15, 0.2) is 0 Å². The molecular weight excluding hydrogens is 328 g/mol. The molecule has 0 unspecified atom stereocenters. The molecule has 0 saturated heterocycles. The minimum Gasteiger partial charge on any atom is -0.487 e. The molecule has 2 aromatic rings. The van der Waals surface area contributed by atoms with E-state index in [0.29, 0.717) is 12.5 Å². The van der Waals surface area contributed by atoms with Gasteiger partial charge in [0, 0.05) is 22.8 Å². The minimum atomic E-state index is 0.544. The number of benzene rings is 1. The molecule has 1 heterocycles. The number of halogens is 1. The van der Waals surface area contributed by atoms with Crippen LogP contribution in [-0.4, -0.2) is 11.5 Å². The van der Waals surface area contributed by atoms with Gasteiger partial charge in [-0.3, -0.25) is 4.98 Å². The maximum Gasteiger partial charge on any atom is 0.142 e. The van der Waals surface area contributed by atoms with E-state index in [2.05, 4.69) is 52.2 Å². The van der Waals surface area contributed by atoms with Gasteiger partial charge in [-0.15, -0.1) is 0 Å². The van der Waals surface area contributed by atoms with E-state index in [0.717, 1.165) is 34.4 Å². The fourth-order valence-electron chi connectivity index (χ4n) is 1.97. The van der Waals surface area contributed by atoms with Crippen LogP contribution in [0.15, 0.2) is 47.2 Å². The lowest BCUT2D eigenvalue weighted by Crippen LogP contribution is -2.19. The molecule has 4 heteroatoms. The van der Waals surface area contributed by atoms with E-state index in [1.54, 1.807) is 12.4 Å². The summed E-state index contributed by atoms with van der Waals surface area (Å²) in [6, 6.07) is 10.1. The molecule has 21 heavy (non-hydrogen) atoms. The quantitative estimate of drug-likeness (QED) is 0.815. The molecule has 0 atom stereocenters. The molecule has 0 bridgehead atoms. The lowest BCUT2D eigenvalue weighted by molar-refractivity contribution is 0.300. The first-order valence-electron chi connectivity index (χ1n) is 7.16. The largest absolute Gasteiger partial charge is 0.487 e. The number of rotatable bonds is 7. The Morgan fingerprint density at radius 2 is 2.14 bits per heavy atom. The third-order valence-electron chi connectivity index (χ3n) is 3.02. The molecule has 112 valence electrons. The molecule has 0 aliphatic heterocycles. The van der Waals surface area contributed by atoms with Gasteiger partial charge >= 0.3 is 0 Å². The zero-order valence-electron chi connectivity index (χ0n) is 12.5. The van der Waals surface area contributed by atoms with Gasteiger partial charge in [0.1, 0.15) is 12.4 Å². The van der Waals surface area contributed by atoms with Gasteiger partial charge in [-0.05, 0) is 36.2 Å². The molecule has 0 aliphatic carbocycles. The molecule has 0 radical (unpaired) electrons. The highest BCUT2D eigenvalue weighted by molar-refractivity contribution is 9.10. The highest BCUT2D eigenvalue weighted by Gasteiger charge is 2.05. The number of aromatic nitrogens is 1. The van der Waals surface area contributed by atoms with Gasteiger partial charge in [0.05, 0.1) is 6.20 Å². The van der Waals surface area contributed by atoms with Crippen molar-refractivity contribution < 1.29 is 4.74 Å². The molecule has 0 amide bonds. The average Bonchev–Trinajstić information content (AvgIpc) is 2.46. The van der Waals surface area contributed by atoms with Crippen LogP contribution in [-0.2, 0) is 13.2 Å². The van der Waals surface area contributed by atoms with Gasteiger partial charge in [-0.25, -0.2) is 0 Å². The molecule has 3 nitrogen and oxygen atoms in total. The highest BCUT2D eigenvalue weighted by atomic mass is 79.9.